The Kier molecular flexibility index (Phi) is 4.71. The largest absolute Gasteiger partial charge is 0.463 e. The monoisotopic (exact) mass is 228 g/mol. The van der Waals surface area contributed by atoms with Crippen LogP contribution in [0, 0.1) is 0 Å². The van der Waals surface area contributed by atoms with Gasteiger partial charge in [-0.25, -0.2) is 0 Å². The van der Waals surface area contributed by atoms with E-state index in [2.05, 4.69) is 15.0 Å². The van der Waals surface area contributed by atoms with Gasteiger partial charge in [-0.05, 0) is 13.8 Å². The summed E-state index contributed by atoms with van der Waals surface area (Å²) in [5.41, 5.74) is 5.47. The Morgan fingerprint density at radius 2 is 1.94 bits per heavy atom. The molecule has 0 aliphatic heterocycles. The maximum Gasteiger partial charge on any atom is 0.324 e. The van der Waals surface area contributed by atoms with Crippen LogP contribution in [0.4, 0.5) is 5.95 Å². The molecule has 7 nitrogen and oxygen atoms in total. The van der Waals surface area contributed by atoms with E-state index in [1.165, 1.54) is 0 Å². The normalized spacial score (nSPS) is 10.5. The minimum absolute atomic E-state index is 0.0460. The first-order valence-corrected chi connectivity index (χ1v) is 5.03. The number of anilines is 1. The molecule has 0 unspecified atom stereocenters. The van der Waals surface area contributed by atoms with Crippen LogP contribution in [0.15, 0.2) is 0 Å². The molecular formula is C9H16N4O3. The fourth-order valence-corrected chi connectivity index (χ4v) is 0.909. The SMILES string of the molecule is CC(C)Oc1nc(N)nc(OCCCO)n1. The van der Waals surface area contributed by atoms with E-state index in [0.717, 1.165) is 0 Å². The lowest BCUT2D eigenvalue weighted by molar-refractivity contribution is 0.204. The summed E-state index contributed by atoms with van der Waals surface area (Å²) in [6, 6.07) is 0.248. The van der Waals surface area contributed by atoms with E-state index in [9.17, 15) is 0 Å². The van der Waals surface area contributed by atoms with Gasteiger partial charge in [-0.15, -0.1) is 4.98 Å². The summed E-state index contributed by atoms with van der Waals surface area (Å²) >= 11 is 0. The maximum atomic E-state index is 8.59. The van der Waals surface area contributed by atoms with E-state index in [-0.39, 0.29) is 30.7 Å². The predicted molar refractivity (Wildman–Crippen MR) is 57.2 cm³/mol. The van der Waals surface area contributed by atoms with Crippen LogP contribution in [0.2, 0.25) is 0 Å². The number of hydrogen-bond acceptors (Lipinski definition) is 7. The van der Waals surface area contributed by atoms with Crippen molar-refractivity contribution < 1.29 is 14.6 Å². The minimum atomic E-state index is -0.0490. The average molecular weight is 228 g/mol. The zero-order valence-electron chi connectivity index (χ0n) is 9.38. The van der Waals surface area contributed by atoms with E-state index in [1.807, 2.05) is 13.8 Å². The van der Waals surface area contributed by atoms with Gasteiger partial charge >= 0.3 is 12.0 Å². The van der Waals surface area contributed by atoms with Crippen molar-refractivity contribution >= 4 is 5.95 Å². The molecule has 0 radical (unpaired) electrons. The summed E-state index contributed by atoms with van der Waals surface area (Å²) in [6.07, 6.45) is 0.457. The predicted octanol–water partition coefficient (Wildman–Crippen LogP) is 0.00220. The molecule has 1 rings (SSSR count). The van der Waals surface area contributed by atoms with Gasteiger partial charge in [0.1, 0.15) is 0 Å². The standard InChI is InChI=1S/C9H16N4O3/c1-6(2)16-9-12-7(10)11-8(13-9)15-5-3-4-14/h6,14H,3-5H2,1-2H3,(H2,10,11,12,13). The Balaban J connectivity index is 2.65. The molecule has 0 spiro atoms. The first-order valence-electron chi connectivity index (χ1n) is 5.03. The van der Waals surface area contributed by atoms with Crippen molar-refractivity contribution in [2.24, 2.45) is 0 Å². The van der Waals surface area contributed by atoms with Crippen LogP contribution in [0.5, 0.6) is 12.0 Å². The van der Waals surface area contributed by atoms with E-state index in [4.69, 9.17) is 20.3 Å². The van der Waals surface area contributed by atoms with Gasteiger partial charge in [-0.1, -0.05) is 0 Å². The van der Waals surface area contributed by atoms with Crippen LogP contribution in [-0.4, -0.2) is 39.4 Å². The van der Waals surface area contributed by atoms with Crippen LogP contribution in [0.1, 0.15) is 20.3 Å². The molecule has 0 saturated heterocycles. The first kappa shape index (κ1) is 12.4. The van der Waals surface area contributed by atoms with Gasteiger partial charge in [0, 0.05) is 13.0 Å². The Morgan fingerprint density at radius 3 is 2.56 bits per heavy atom. The van der Waals surface area contributed by atoms with Gasteiger partial charge in [0.2, 0.25) is 5.95 Å². The van der Waals surface area contributed by atoms with E-state index in [1.54, 1.807) is 0 Å². The highest BCUT2D eigenvalue weighted by molar-refractivity contribution is 5.20. The molecule has 16 heavy (non-hydrogen) atoms. The van der Waals surface area contributed by atoms with Crippen molar-refractivity contribution in [3.63, 3.8) is 0 Å². The van der Waals surface area contributed by atoms with Crippen molar-refractivity contribution in [3.05, 3.63) is 0 Å². The number of aromatic nitrogens is 3. The Morgan fingerprint density at radius 1 is 1.25 bits per heavy atom. The van der Waals surface area contributed by atoms with Crippen LogP contribution in [-0.2, 0) is 0 Å². The van der Waals surface area contributed by atoms with E-state index < -0.39 is 0 Å². The van der Waals surface area contributed by atoms with E-state index in [0.29, 0.717) is 13.0 Å². The smallest absolute Gasteiger partial charge is 0.324 e. The number of aliphatic hydroxyl groups is 1. The quantitative estimate of drug-likeness (QED) is 0.660. The van der Waals surface area contributed by atoms with Gasteiger partial charge in [-0.3, -0.25) is 0 Å². The number of aliphatic hydroxyl groups excluding tert-OH is 1. The Labute approximate surface area is 93.6 Å². The second-order valence-corrected chi connectivity index (χ2v) is 3.35. The number of nitrogen functional groups attached to an aromatic ring is 1. The summed E-state index contributed by atoms with van der Waals surface area (Å²) in [5, 5.41) is 8.59. The van der Waals surface area contributed by atoms with Gasteiger partial charge < -0.3 is 20.3 Å². The molecule has 1 aromatic heterocycles. The zero-order valence-corrected chi connectivity index (χ0v) is 9.38. The zero-order chi connectivity index (χ0) is 12.0. The lowest BCUT2D eigenvalue weighted by Gasteiger charge is -2.09. The molecule has 3 N–H and O–H groups in total. The lowest BCUT2D eigenvalue weighted by Crippen LogP contribution is -2.12. The van der Waals surface area contributed by atoms with Crippen molar-refractivity contribution in [1.82, 2.24) is 15.0 Å². The highest BCUT2D eigenvalue weighted by Gasteiger charge is 2.07. The molecule has 0 aromatic carbocycles. The fraction of sp³-hybridized carbons (Fsp3) is 0.667. The summed E-state index contributed by atoms with van der Waals surface area (Å²) in [6.45, 7) is 4.08. The molecule has 0 saturated carbocycles. The lowest BCUT2D eigenvalue weighted by atomic mass is 10.5. The second kappa shape index (κ2) is 6.06. The molecule has 7 heteroatoms. The molecule has 1 heterocycles. The number of nitrogens with two attached hydrogens (primary N) is 1. The summed E-state index contributed by atoms with van der Waals surface area (Å²) in [5.74, 6) is 0.0460. The molecule has 1 aromatic rings. The molecule has 0 fully saturated rings. The number of hydrogen-bond donors (Lipinski definition) is 2. The van der Waals surface area contributed by atoms with Crippen LogP contribution < -0.4 is 15.2 Å². The third-order valence-corrected chi connectivity index (χ3v) is 1.49. The Bertz CT molecular complexity index is 333. The molecule has 90 valence electrons. The molecule has 0 amide bonds. The second-order valence-electron chi connectivity index (χ2n) is 3.35. The molecule has 0 atom stereocenters. The fourth-order valence-electron chi connectivity index (χ4n) is 0.909. The number of ether oxygens (including phenoxy) is 2. The highest BCUT2D eigenvalue weighted by atomic mass is 16.5. The van der Waals surface area contributed by atoms with Gasteiger partial charge in [0.05, 0.1) is 12.7 Å². The van der Waals surface area contributed by atoms with Crippen molar-refractivity contribution in [2.45, 2.75) is 26.4 Å². The third-order valence-electron chi connectivity index (χ3n) is 1.49. The summed E-state index contributed by atoms with van der Waals surface area (Å²) < 4.78 is 10.4. The Hall–Kier alpha value is -1.63. The van der Waals surface area contributed by atoms with Gasteiger partial charge in [0.15, 0.2) is 0 Å². The average Bonchev–Trinajstić information content (AvgIpc) is 2.16. The molecule has 0 aliphatic carbocycles. The van der Waals surface area contributed by atoms with Gasteiger partial charge in [0.25, 0.3) is 0 Å². The number of nitrogens with zero attached hydrogens (tertiary/aromatic N) is 3. The topological polar surface area (TPSA) is 103 Å². The van der Waals surface area contributed by atoms with Gasteiger partial charge in [-0.2, -0.15) is 9.97 Å². The van der Waals surface area contributed by atoms with Crippen molar-refractivity contribution in [1.29, 1.82) is 0 Å². The highest BCUT2D eigenvalue weighted by Crippen LogP contribution is 2.12. The minimum Gasteiger partial charge on any atom is -0.463 e. The van der Waals surface area contributed by atoms with Crippen LogP contribution in [0.25, 0.3) is 0 Å². The van der Waals surface area contributed by atoms with E-state index >= 15 is 0 Å². The molecule has 0 aliphatic rings. The van der Waals surface area contributed by atoms with Crippen LogP contribution in [0.3, 0.4) is 0 Å². The summed E-state index contributed by atoms with van der Waals surface area (Å²) in [7, 11) is 0. The number of rotatable bonds is 6. The molecule has 0 bridgehead atoms. The maximum absolute atomic E-state index is 8.59. The van der Waals surface area contributed by atoms with Crippen molar-refractivity contribution in [3.8, 4) is 12.0 Å². The molecular weight excluding hydrogens is 212 g/mol. The van der Waals surface area contributed by atoms with Crippen LogP contribution >= 0.6 is 0 Å². The third kappa shape index (κ3) is 4.26. The first-order chi connectivity index (χ1) is 7.61. The summed E-state index contributed by atoms with van der Waals surface area (Å²) in [4.78, 5) is 11.5. The van der Waals surface area contributed by atoms with Crippen molar-refractivity contribution in [2.75, 3.05) is 18.9 Å².